The molecule has 2 aliphatic carbocycles. The number of benzene rings is 7. The molecule has 0 spiro atoms. The molecule has 3 radical (unpaired) electrons. The smallest absolute Gasteiger partial charge is 1.00 e. The molecule has 401 valence electrons. The molecule has 0 aliphatic heterocycles. The van der Waals surface area contributed by atoms with Crippen LogP contribution in [-0.2, 0) is 16.1 Å². The number of carbonyl (C=O) groups is 2. The van der Waals surface area contributed by atoms with Crippen molar-refractivity contribution in [1.29, 1.82) is 0 Å². The molecule has 0 fully saturated rings. The molecule has 0 saturated carbocycles. The van der Waals surface area contributed by atoms with E-state index in [1.54, 1.807) is 44.6 Å². The van der Waals surface area contributed by atoms with E-state index < -0.39 is 12.2 Å². The number of aliphatic hydroxyl groups excluding tert-OH is 2. The van der Waals surface area contributed by atoms with Gasteiger partial charge in [0.25, 0.3) is 0 Å². The zero-order chi connectivity index (χ0) is 52.3. The molecular formula is C62H73BN2NaO11. The summed E-state index contributed by atoms with van der Waals surface area (Å²) >= 11 is 0. The number of fused-ring (bicyclic) bond motifs is 6. The van der Waals surface area contributed by atoms with E-state index in [4.69, 9.17) is 43.7 Å². The Labute approximate surface area is 480 Å². The van der Waals surface area contributed by atoms with Crippen LogP contribution in [0, 0.1) is 0 Å². The zero-order valence-corrected chi connectivity index (χ0v) is 46.0. The molecule has 13 nitrogen and oxygen atoms in total. The third kappa shape index (κ3) is 19.9. The van der Waals surface area contributed by atoms with Gasteiger partial charge < -0.3 is 55.8 Å². The minimum atomic E-state index is -0.417. The van der Waals surface area contributed by atoms with Gasteiger partial charge in [-0.3, -0.25) is 0 Å². The number of ether oxygens (including phenoxy) is 6. The van der Waals surface area contributed by atoms with Crippen molar-refractivity contribution >= 4 is 20.6 Å². The number of rotatable bonds is 19. The summed E-state index contributed by atoms with van der Waals surface area (Å²) in [5, 5.41) is 31.7. The average Bonchev–Trinajstić information content (AvgIpc) is 3.95. The summed E-state index contributed by atoms with van der Waals surface area (Å²) in [4.78, 5) is 24.3. The maximum absolute atomic E-state index is 12.1. The number of amides is 2. The van der Waals surface area contributed by atoms with Gasteiger partial charge >= 0.3 is 41.7 Å². The summed E-state index contributed by atoms with van der Waals surface area (Å²) in [6.07, 6.45) is 2.56. The van der Waals surface area contributed by atoms with Crippen molar-refractivity contribution in [3.63, 3.8) is 0 Å². The van der Waals surface area contributed by atoms with Crippen molar-refractivity contribution in [2.75, 3.05) is 60.3 Å². The second-order valence-electron chi connectivity index (χ2n) is 17.2. The van der Waals surface area contributed by atoms with E-state index >= 15 is 0 Å². The number of hydrogen-bond acceptors (Lipinski definition) is 11. The summed E-state index contributed by atoms with van der Waals surface area (Å²) in [6.45, 7) is 4.93. The normalized spacial score (nSPS) is 11.0. The van der Waals surface area contributed by atoms with Crippen molar-refractivity contribution in [3.8, 4) is 51.0 Å². The first-order chi connectivity index (χ1) is 36.3. The van der Waals surface area contributed by atoms with E-state index in [1.165, 1.54) is 44.5 Å². The van der Waals surface area contributed by atoms with E-state index in [1.807, 2.05) is 91.0 Å². The Hall–Kier alpha value is -6.94. The van der Waals surface area contributed by atoms with Gasteiger partial charge in [0, 0.05) is 52.1 Å². The number of phenols is 1. The summed E-state index contributed by atoms with van der Waals surface area (Å²) in [7, 11) is 3.19. The number of alkyl carbamates (subject to hydrolysis) is 2. The molecule has 2 aliphatic rings. The van der Waals surface area contributed by atoms with E-state index in [2.05, 4.69) is 66.1 Å². The molecule has 2 amide bonds. The molecule has 5 N–H and O–H groups in total. The molecule has 7 aromatic rings. The van der Waals surface area contributed by atoms with Crippen LogP contribution in [0.3, 0.4) is 0 Å². The van der Waals surface area contributed by atoms with Crippen molar-refractivity contribution in [3.05, 3.63) is 198 Å². The predicted molar refractivity (Wildman–Crippen MR) is 302 cm³/mol. The third-order valence-corrected chi connectivity index (χ3v) is 12.1. The van der Waals surface area contributed by atoms with Gasteiger partial charge in [-0.2, -0.15) is 0 Å². The van der Waals surface area contributed by atoms with Gasteiger partial charge in [-0.15, -0.1) is 0 Å². The fourth-order valence-electron chi connectivity index (χ4n) is 8.40. The SMILES string of the molecule is C.CCCCO.COc1cccc(O)c1.COc1cccc(OCCCNC(=O)OCC2c3ccccc3-c3ccccc32)c1.O=C(NCCCOc1cccc(CO)c1)OCC1c2ccccc2-c2ccccc21.[B].[H-].[Na+]. The zero-order valence-electron chi connectivity index (χ0n) is 45.0. The Bertz CT molecular complexity index is 2580. The molecule has 0 saturated heterocycles. The van der Waals surface area contributed by atoms with Gasteiger partial charge in [0.05, 0.1) is 34.0 Å². The number of aliphatic hydroxyl groups is 2. The summed E-state index contributed by atoms with van der Waals surface area (Å²) in [6, 6.07) is 54.6. The summed E-state index contributed by atoms with van der Waals surface area (Å²) in [5.74, 6) is 3.25. The number of aromatic hydroxyl groups is 1. The van der Waals surface area contributed by atoms with Crippen LogP contribution in [0.2, 0.25) is 0 Å². The van der Waals surface area contributed by atoms with Gasteiger partial charge in [0.2, 0.25) is 0 Å². The van der Waals surface area contributed by atoms with Gasteiger partial charge in [-0.25, -0.2) is 9.59 Å². The number of phenolic OH excluding ortho intramolecular Hbond substituents is 1. The van der Waals surface area contributed by atoms with Crippen LogP contribution >= 0.6 is 0 Å². The Morgan fingerprint density at radius 3 is 1.29 bits per heavy atom. The van der Waals surface area contributed by atoms with Crippen LogP contribution in [0.1, 0.15) is 81.1 Å². The number of nitrogens with one attached hydrogen (secondary N) is 2. The molecule has 77 heavy (non-hydrogen) atoms. The second-order valence-corrected chi connectivity index (χ2v) is 17.2. The van der Waals surface area contributed by atoms with Gasteiger partial charge in [-0.05, 0) is 106 Å². The average molecular weight is 1060 g/mol. The Morgan fingerprint density at radius 2 is 0.909 bits per heavy atom. The fourth-order valence-corrected chi connectivity index (χ4v) is 8.40. The number of hydrogen-bond donors (Lipinski definition) is 5. The first-order valence-electron chi connectivity index (χ1n) is 25.0. The van der Waals surface area contributed by atoms with E-state index in [-0.39, 0.29) is 71.0 Å². The van der Waals surface area contributed by atoms with Gasteiger partial charge in [0.15, 0.2) is 0 Å². The van der Waals surface area contributed by atoms with E-state index in [0.29, 0.717) is 70.5 Å². The molecule has 0 unspecified atom stereocenters. The largest absolute Gasteiger partial charge is 1.00 e. The third-order valence-electron chi connectivity index (χ3n) is 12.1. The number of unbranched alkanes of at least 4 members (excludes halogenated alkanes) is 1. The quantitative estimate of drug-likeness (QED) is 0.0386. The van der Waals surface area contributed by atoms with Crippen LogP contribution in [-0.4, -0.2) is 96.3 Å². The molecule has 0 bridgehead atoms. The first-order valence-corrected chi connectivity index (χ1v) is 25.0. The maximum Gasteiger partial charge on any atom is 1.00 e. The molecule has 0 heterocycles. The summed E-state index contributed by atoms with van der Waals surface area (Å²) in [5.41, 5.74) is 10.5. The molecule has 15 heteroatoms. The number of carbonyl (C=O) groups excluding carboxylic acids is 2. The van der Waals surface area contributed by atoms with Crippen LogP contribution in [0.4, 0.5) is 9.59 Å². The molecule has 7 aromatic carbocycles. The second kappa shape index (κ2) is 35.4. The molecule has 0 atom stereocenters. The minimum Gasteiger partial charge on any atom is -1.00 e. The van der Waals surface area contributed by atoms with Crippen molar-refractivity contribution < 1.29 is 84.3 Å². The van der Waals surface area contributed by atoms with Crippen LogP contribution in [0.15, 0.2) is 170 Å². The topological polar surface area (TPSA) is 174 Å². The Morgan fingerprint density at radius 1 is 0.519 bits per heavy atom. The Kier molecular flexibility index (Phi) is 29.6. The summed E-state index contributed by atoms with van der Waals surface area (Å²) < 4.78 is 32.4. The number of methoxy groups -OCH3 is 2. The van der Waals surface area contributed by atoms with Crippen LogP contribution in [0.25, 0.3) is 22.3 Å². The van der Waals surface area contributed by atoms with Gasteiger partial charge in [-0.1, -0.05) is 142 Å². The molecular weight excluding hydrogens is 982 g/mol. The molecule has 9 rings (SSSR count). The predicted octanol–water partition coefficient (Wildman–Crippen LogP) is 9.04. The molecule has 0 aromatic heterocycles. The van der Waals surface area contributed by atoms with E-state index in [9.17, 15) is 9.59 Å². The van der Waals surface area contributed by atoms with E-state index in [0.717, 1.165) is 29.9 Å². The maximum atomic E-state index is 12.1. The van der Waals surface area contributed by atoms with Crippen LogP contribution < -0.4 is 59.1 Å². The standard InChI is InChI=1S/2C25H25NO4.C7H8O2.C4H10O.CH4.B.Na.H/c1-28-18-8-6-9-19(16-18)29-15-7-14-26-25(27)30-17-24-22-12-4-2-10-20(22)21-11-3-5-13-23(21)24;27-16-18-7-5-8-19(15-18)29-14-6-13-26-25(28)30-17-24-22-11-3-1-9-20(22)21-10-2-4-12-23(21)24;1-9-7-4-2-3-6(8)5-7;1-2-3-4-5;;;;/h2-6,8-13,16,24H,7,14-15,17H2,1H3,(H,26,27);1-5,7-12,15,24,27H,6,13-14,16-17H2,(H,26,28);2-5,8H,1H3;5H,2-4H2,1H3;1H4;;;/q;;;;;;+1;-1. The van der Waals surface area contributed by atoms with Crippen molar-refractivity contribution in [1.82, 2.24) is 10.6 Å². The van der Waals surface area contributed by atoms with Crippen molar-refractivity contribution in [2.45, 2.75) is 58.5 Å². The first kappa shape index (κ1) is 64.4. The fraction of sp³-hybridized carbons (Fsp3) is 0.290. The van der Waals surface area contributed by atoms with Crippen molar-refractivity contribution in [2.24, 2.45) is 0 Å². The Balaban J connectivity index is 0.000000411. The van der Waals surface area contributed by atoms with Gasteiger partial charge in [0.1, 0.15) is 42.0 Å². The minimum absolute atomic E-state index is 0. The van der Waals surface area contributed by atoms with Crippen LogP contribution in [0.5, 0.6) is 28.7 Å². The monoisotopic (exact) mass is 1060 g/mol.